The molecule has 3 rings (SSSR count). The van der Waals surface area contributed by atoms with E-state index in [0.29, 0.717) is 17.1 Å². The fraction of sp³-hybridized carbons (Fsp3) is 0.167. The van der Waals surface area contributed by atoms with Gasteiger partial charge >= 0.3 is 12.2 Å². The molecular formula is C24H21F4N3O3. The zero-order valence-corrected chi connectivity index (χ0v) is 18.0. The van der Waals surface area contributed by atoms with E-state index in [2.05, 4.69) is 10.6 Å². The van der Waals surface area contributed by atoms with Crippen LogP contribution in [0.1, 0.15) is 15.9 Å². The van der Waals surface area contributed by atoms with Gasteiger partial charge in [0.1, 0.15) is 11.6 Å². The van der Waals surface area contributed by atoms with Gasteiger partial charge in [-0.3, -0.25) is 9.69 Å². The Morgan fingerprint density at radius 2 is 1.68 bits per heavy atom. The summed E-state index contributed by atoms with van der Waals surface area (Å²) in [6.45, 7) is -0.107. The summed E-state index contributed by atoms with van der Waals surface area (Å²) in [6, 6.07) is 15.3. The summed E-state index contributed by atoms with van der Waals surface area (Å²) in [7, 11) is 1.48. The van der Waals surface area contributed by atoms with Crippen molar-refractivity contribution < 1.29 is 31.9 Å². The third kappa shape index (κ3) is 6.47. The first kappa shape index (κ1) is 24.6. The molecular weight excluding hydrogens is 454 g/mol. The highest BCUT2D eigenvalue weighted by atomic mass is 19.4. The van der Waals surface area contributed by atoms with E-state index in [1.54, 1.807) is 24.3 Å². The van der Waals surface area contributed by atoms with Gasteiger partial charge in [0.2, 0.25) is 0 Å². The molecule has 0 unspecified atom stereocenters. The second-order valence-electron chi connectivity index (χ2n) is 7.12. The highest BCUT2D eigenvalue weighted by Crippen LogP contribution is 2.29. The number of methoxy groups -OCH3 is 1. The van der Waals surface area contributed by atoms with Crippen LogP contribution < -0.4 is 20.3 Å². The van der Waals surface area contributed by atoms with Crippen LogP contribution >= 0.6 is 0 Å². The first-order chi connectivity index (χ1) is 16.2. The van der Waals surface area contributed by atoms with E-state index in [1.165, 1.54) is 42.3 Å². The number of rotatable bonds is 7. The lowest BCUT2D eigenvalue weighted by Crippen LogP contribution is -2.41. The van der Waals surface area contributed by atoms with Gasteiger partial charge in [-0.25, -0.2) is 9.18 Å². The van der Waals surface area contributed by atoms with Crippen LogP contribution in [0.25, 0.3) is 0 Å². The monoisotopic (exact) mass is 475 g/mol. The van der Waals surface area contributed by atoms with Gasteiger partial charge in [-0.1, -0.05) is 12.1 Å². The van der Waals surface area contributed by atoms with Crippen molar-refractivity contribution >= 4 is 23.3 Å². The first-order valence-corrected chi connectivity index (χ1v) is 10.1. The quantitative estimate of drug-likeness (QED) is 0.455. The van der Waals surface area contributed by atoms with Crippen LogP contribution in [0, 0.1) is 5.82 Å². The average molecular weight is 475 g/mol. The molecule has 3 aromatic carbocycles. The van der Waals surface area contributed by atoms with E-state index < -0.39 is 29.5 Å². The molecule has 0 spiro atoms. The maximum absolute atomic E-state index is 13.4. The van der Waals surface area contributed by atoms with E-state index in [1.807, 2.05) is 0 Å². The number of nitrogens with one attached hydrogen (secondary N) is 2. The predicted molar refractivity (Wildman–Crippen MR) is 120 cm³/mol. The van der Waals surface area contributed by atoms with Crippen molar-refractivity contribution in [2.75, 3.05) is 30.4 Å². The van der Waals surface area contributed by atoms with Crippen molar-refractivity contribution in [2.24, 2.45) is 0 Å². The van der Waals surface area contributed by atoms with Crippen molar-refractivity contribution in [3.63, 3.8) is 0 Å². The maximum atomic E-state index is 13.4. The number of hydrogen-bond acceptors (Lipinski definition) is 3. The van der Waals surface area contributed by atoms with E-state index in [9.17, 15) is 27.2 Å². The van der Waals surface area contributed by atoms with Crippen LogP contribution in [-0.4, -0.2) is 32.1 Å². The fourth-order valence-electron chi connectivity index (χ4n) is 3.08. The Hall–Kier alpha value is -4.08. The Labute approximate surface area is 193 Å². The standard InChI is InChI=1S/C24H21F4N3O3/c1-34-21-7-3-6-19(15-21)30-23(33)31(20-10-8-18(25)9-11-20)13-12-29-22(32)16-4-2-5-17(14-16)24(26,27)28/h2-11,14-15H,12-13H2,1H3,(H,29,32)(H,30,33). The second-order valence-corrected chi connectivity index (χ2v) is 7.12. The van der Waals surface area contributed by atoms with Crippen LogP contribution in [0.3, 0.4) is 0 Å². The molecule has 178 valence electrons. The van der Waals surface area contributed by atoms with Gasteiger partial charge in [0.15, 0.2) is 0 Å². The van der Waals surface area contributed by atoms with Crippen LogP contribution in [0.5, 0.6) is 5.75 Å². The molecule has 0 aliphatic rings. The lowest BCUT2D eigenvalue weighted by molar-refractivity contribution is -0.137. The molecule has 0 aliphatic heterocycles. The number of nitrogens with zero attached hydrogens (tertiary/aromatic N) is 1. The number of ether oxygens (including phenoxy) is 1. The fourth-order valence-corrected chi connectivity index (χ4v) is 3.08. The largest absolute Gasteiger partial charge is 0.497 e. The van der Waals surface area contributed by atoms with Gasteiger partial charge in [0.25, 0.3) is 5.91 Å². The number of halogens is 4. The molecule has 0 aromatic heterocycles. The zero-order chi connectivity index (χ0) is 24.7. The summed E-state index contributed by atoms with van der Waals surface area (Å²) in [5.41, 5.74) is -0.297. The van der Waals surface area contributed by atoms with Gasteiger partial charge in [-0.05, 0) is 54.6 Å². The maximum Gasteiger partial charge on any atom is 0.416 e. The number of benzene rings is 3. The Morgan fingerprint density at radius 3 is 2.35 bits per heavy atom. The lowest BCUT2D eigenvalue weighted by Gasteiger charge is -2.23. The molecule has 3 aromatic rings. The Morgan fingerprint density at radius 1 is 0.971 bits per heavy atom. The van der Waals surface area contributed by atoms with Gasteiger partial charge in [0.05, 0.1) is 12.7 Å². The Balaban J connectivity index is 1.71. The number of hydrogen-bond donors (Lipinski definition) is 2. The molecule has 6 nitrogen and oxygen atoms in total. The molecule has 0 bridgehead atoms. The summed E-state index contributed by atoms with van der Waals surface area (Å²) in [4.78, 5) is 26.6. The summed E-state index contributed by atoms with van der Waals surface area (Å²) in [5.74, 6) is -0.687. The van der Waals surface area contributed by atoms with Crippen molar-refractivity contribution in [1.82, 2.24) is 5.32 Å². The predicted octanol–water partition coefficient (Wildman–Crippen LogP) is 5.32. The number of carbonyl (C=O) groups is 2. The third-order valence-corrected chi connectivity index (χ3v) is 4.78. The summed E-state index contributed by atoms with van der Waals surface area (Å²) >= 11 is 0. The molecule has 10 heteroatoms. The number of carbonyl (C=O) groups excluding carboxylic acids is 2. The summed E-state index contributed by atoms with van der Waals surface area (Å²) < 4.78 is 57.2. The molecule has 0 atom stereocenters. The first-order valence-electron chi connectivity index (χ1n) is 10.1. The zero-order valence-electron chi connectivity index (χ0n) is 18.0. The Kier molecular flexibility index (Phi) is 7.72. The SMILES string of the molecule is COc1cccc(NC(=O)N(CCNC(=O)c2cccc(C(F)(F)F)c2)c2ccc(F)cc2)c1. The molecule has 2 N–H and O–H groups in total. The minimum atomic E-state index is -4.58. The number of urea groups is 1. The molecule has 0 radical (unpaired) electrons. The van der Waals surface area contributed by atoms with E-state index in [-0.39, 0.29) is 18.7 Å². The molecule has 0 saturated carbocycles. The number of anilines is 2. The van der Waals surface area contributed by atoms with Crippen molar-refractivity contribution in [2.45, 2.75) is 6.18 Å². The van der Waals surface area contributed by atoms with Gasteiger partial charge < -0.3 is 15.4 Å². The molecule has 0 fully saturated rings. The minimum absolute atomic E-state index is 0.0356. The highest BCUT2D eigenvalue weighted by molar-refractivity contribution is 6.02. The van der Waals surface area contributed by atoms with E-state index in [0.717, 1.165) is 18.2 Å². The molecule has 0 saturated heterocycles. The summed E-state index contributed by atoms with van der Waals surface area (Å²) in [5, 5.41) is 5.20. The van der Waals surface area contributed by atoms with Gasteiger partial charge in [-0.15, -0.1) is 0 Å². The molecule has 0 aliphatic carbocycles. The van der Waals surface area contributed by atoms with Crippen LogP contribution in [0.4, 0.5) is 33.7 Å². The lowest BCUT2D eigenvalue weighted by atomic mass is 10.1. The van der Waals surface area contributed by atoms with Gasteiger partial charge in [-0.2, -0.15) is 13.2 Å². The van der Waals surface area contributed by atoms with Crippen molar-refractivity contribution in [3.8, 4) is 5.75 Å². The van der Waals surface area contributed by atoms with Crippen LogP contribution in [-0.2, 0) is 6.18 Å². The number of alkyl halides is 3. The van der Waals surface area contributed by atoms with Crippen molar-refractivity contribution in [1.29, 1.82) is 0 Å². The third-order valence-electron chi connectivity index (χ3n) is 4.78. The second kappa shape index (κ2) is 10.7. The topological polar surface area (TPSA) is 70.7 Å². The number of amides is 3. The van der Waals surface area contributed by atoms with Crippen LogP contribution in [0.15, 0.2) is 72.8 Å². The van der Waals surface area contributed by atoms with Crippen molar-refractivity contribution in [3.05, 3.63) is 89.7 Å². The minimum Gasteiger partial charge on any atom is -0.497 e. The van der Waals surface area contributed by atoms with E-state index >= 15 is 0 Å². The average Bonchev–Trinajstić information content (AvgIpc) is 2.82. The smallest absolute Gasteiger partial charge is 0.416 e. The van der Waals surface area contributed by atoms with Crippen LogP contribution in [0.2, 0.25) is 0 Å². The Bertz CT molecular complexity index is 1150. The molecule has 0 heterocycles. The van der Waals surface area contributed by atoms with Gasteiger partial charge in [0, 0.05) is 36.1 Å². The van der Waals surface area contributed by atoms with E-state index in [4.69, 9.17) is 4.74 Å². The summed E-state index contributed by atoms with van der Waals surface area (Å²) in [6.07, 6.45) is -4.58. The molecule has 34 heavy (non-hydrogen) atoms. The molecule has 3 amide bonds. The highest BCUT2D eigenvalue weighted by Gasteiger charge is 2.30. The normalized spacial score (nSPS) is 11.0.